The number of ether oxygens (including phenoxy) is 8. The van der Waals surface area contributed by atoms with E-state index >= 15 is 0 Å². The second-order valence-corrected chi connectivity index (χ2v) is 23.4. The lowest BCUT2D eigenvalue weighted by molar-refractivity contribution is -0.389. The Morgan fingerprint density at radius 1 is 0.518 bits per heavy atom. The van der Waals surface area contributed by atoms with Gasteiger partial charge in [-0.05, 0) is 67.7 Å². The van der Waals surface area contributed by atoms with Gasteiger partial charge in [0.25, 0.3) is 0 Å². The number of nitrogens with two attached hydrogens (primary N) is 5. The second-order valence-electron chi connectivity index (χ2n) is 23.4. The third kappa shape index (κ3) is 20.0. The highest BCUT2D eigenvalue weighted by Crippen LogP contribution is 2.40. The summed E-state index contributed by atoms with van der Waals surface area (Å²) in [6, 6.07) is -5.95. The second kappa shape index (κ2) is 32.0. The summed E-state index contributed by atoms with van der Waals surface area (Å²) in [5, 5.41) is 123. The molecule has 4 saturated heterocycles. The van der Waals surface area contributed by atoms with Crippen LogP contribution in [0.15, 0.2) is 73.5 Å². The van der Waals surface area contributed by atoms with Crippen molar-refractivity contribution in [2.45, 2.75) is 245 Å². The van der Waals surface area contributed by atoms with Gasteiger partial charge in [0.1, 0.15) is 54.9 Å². The predicted octanol–water partition coefficient (Wildman–Crippen LogP) is -4.49. The molecule has 0 spiro atoms. The van der Waals surface area contributed by atoms with Crippen molar-refractivity contribution in [2.75, 3.05) is 26.3 Å². The minimum atomic E-state index is -2.10. The molecule has 83 heavy (non-hydrogen) atoms. The highest BCUT2D eigenvalue weighted by molar-refractivity contribution is 5.09. The maximum Gasteiger partial charge on any atom is 0.199 e. The van der Waals surface area contributed by atoms with Crippen LogP contribution in [-0.4, -0.2) is 236 Å². The minimum absolute atomic E-state index is 0.00189. The van der Waals surface area contributed by atoms with Crippen LogP contribution in [-0.2, 0) is 37.9 Å². The maximum absolute atomic E-state index is 12.6. The Morgan fingerprint density at radius 3 is 1.54 bits per heavy atom. The van der Waals surface area contributed by atoms with E-state index in [9.17, 15) is 51.1 Å². The molecule has 0 aromatic carbocycles. The molecular formula is C55H102N10O18. The number of rotatable bonds is 22. The van der Waals surface area contributed by atoms with Gasteiger partial charge < -0.3 is 144 Å². The van der Waals surface area contributed by atoms with Crippen LogP contribution >= 0.6 is 0 Å². The third-order valence-corrected chi connectivity index (χ3v) is 14.6. The first-order valence-electron chi connectivity index (χ1n) is 28.1. The van der Waals surface area contributed by atoms with Gasteiger partial charge in [0, 0.05) is 79.0 Å². The van der Waals surface area contributed by atoms with Crippen LogP contribution < -0.4 is 55.3 Å². The molecule has 28 heteroatoms. The number of nitrogens with one attached hydrogen (secondary N) is 5. The summed E-state index contributed by atoms with van der Waals surface area (Å²) < 4.78 is 47.9. The molecule has 6 aliphatic rings. The van der Waals surface area contributed by atoms with E-state index in [0.29, 0.717) is 34.9 Å². The fourth-order valence-corrected chi connectivity index (χ4v) is 10.9. The molecule has 0 bridgehead atoms. The van der Waals surface area contributed by atoms with Crippen molar-refractivity contribution in [1.82, 2.24) is 26.6 Å². The van der Waals surface area contributed by atoms with E-state index in [-0.39, 0.29) is 51.2 Å². The Balaban J connectivity index is 0.000000355. The lowest BCUT2D eigenvalue weighted by atomic mass is 9.82. The molecule has 0 aromatic heterocycles. The quantitative estimate of drug-likeness (QED) is 0.0359. The van der Waals surface area contributed by atoms with Gasteiger partial charge in [0.2, 0.25) is 0 Å². The highest BCUT2D eigenvalue weighted by atomic mass is 16.8. The maximum atomic E-state index is 12.6. The molecule has 0 aromatic rings. The minimum Gasteiger partial charge on any atom is -0.394 e. The highest BCUT2D eigenvalue weighted by Gasteiger charge is 2.58. The molecular weight excluding hydrogens is 1090 g/mol. The summed E-state index contributed by atoms with van der Waals surface area (Å²) in [6.45, 7) is 35.0. The van der Waals surface area contributed by atoms with Crippen molar-refractivity contribution in [3.05, 3.63) is 73.5 Å². The van der Waals surface area contributed by atoms with Gasteiger partial charge in [0.05, 0.1) is 61.7 Å². The van der Waals surface area contributed by atoms with Gasteiger partial charge in [-0.1, -0.05) is 38.5 Å². The van der Waals surface area contributed by atoms with Crippen molar-refractivity contribution in [3.63, 3.8) is 0 Å². The smallest absolute Gasteiger partial charge is 0.199 e. The van der Waals surface area contributed by atoms with Gasteiger partial charge in [-0.3, -0.25) is 0 Å². The van der Waals surface area contributed by atoms with Crippen molar-refractivity contribution in [3.8, 4) is 0 Å². The lowest BCUT2D eigenvalue weighted by Crippen LogP contribution is -2.70. The lowest BCUT2D eigenvalue weighted by Gasteiger charge is -2.52. The molecule has 6 fully saturated rings. The van der Waals surface area contributed by atoms with E-state index in [2.05, 4.69) is 66.1 Å². The third-order valence-electron chi connectivity index (χ3n) is 14.6. The van der Waals surface area contributed by atoms with Crippen molar-refractivity contribution < 1.29 is 89.0 Å². The van der Waals surface area contributed by atoms with E-state index < -0.39 is 165 Å². The summed E-state index contributed by atoms with van der Waals surface area (Å²) in [7, 11) is 0. The first-order valence-corrected chi connectivity index (χ1v) is 28.1. The normalized spacial score (nSPS) is 42.6. The van der Waals surface area contributed by atoms with Gasteiger partial charge in [-0.25, -0.2) is 0 Å². The van der Waals surface area contributed by atoms with Gasteiger partial charge in [-0.2, -0.15) is 0 Å². The fraction of sp³-hybridized carbons (Fsp3) is 0.782. The molecule has 10 unspecified atom stereocenters. The van der Waals surface area contributed by atoms with E-state index in [4.69, 9.17) is 66.6 Å². The van der Waals surface area contributed by atoms with E-state index in [1.807, 2.05) is 20.8 Å². The molecule has 6 rings (SSSR count). The Hall–Kier alpha value is -3.48. The molecule has 26 atom stereocenters. The first kappa shape index (κ1) is 72.0. The van der Waals surface area contributed by atoms with Gasteiger partial charge in [0.15, 0.2) is 36.7 Å². The average molecular weight is 1190 g/mol. The van der Waals surface area contributed by atoms with Crippen LogP contribution in [0.3, 0.4) is 0 Å². The molecule has 28 nitrogen and oxygen atoms in total. The van der Waals surface area contributed by atoms with Crippen molar-refractivity contribution in [1.29, 1.82) is 0 Å². The average Bonchev–Trinajstić information content (AvgIpc) is 3.43. The van der Waals surface area contributed by atoms with E-state index in [1.165, 1.54) is 5.57 Å². The zero-order chi connectivity index (χ0) is 62.6. The Labute approximate surface area is 488 Å². The number of hydrogen-bond donors (Lipinski definition) is 20. The summed E-state index contributed by atoms with van der Waals surface area (Å²) in [6.07, 6.45) is -17.6. The molecule has 4 aliphatic heterocycles. The Morgan fingerprint density at radius 2 is 1.00 bits per heavy atom. The standard InChI is InChI=1S/C33H57N5O9.C18H37N5O9.C4H8/c1-16(2)34-14-25-24(40)12-23(37-19(7)8)31(44-25)47-33(43)13-21(35-17(3)4)11-22(36-18(5)6)30(33)46-32-29(42)27(38-20(9)10)28(41)26(15-39)45-32;19-4-10-9(25)2-8(22)16(29-10)32-18(28)3-6(20)1-7(21)15(18)31-17-14(27)12(23)13(26)11(5-24)30-17;1-4(2)3/h21-32,34-43H,1,3,5,7,9,11-15H2,2,4,6,8,10H3;6-17,24-28H,1-5,19-23H2;1H2,2-3H3/t21?,22-,23?,24+,25+,26+,27?,28-,29?,30?,31-,32-,33+;6?,7-,8?,9+,10+,11+,12?,13-,14?,15?,16-,17-,18+;/m11./s1. The molecule has 2 aliphatic carbocycles. The van der Waals surface area contributed by atoms with Crippen LogP contribution in [0.2, 0.25) is 0 Å². The summed E-state index contributed by atoms with van der Waals surface area (Å²) in [4.78, 5) is 0. The summed E-state index contributed by atoms with van der Waals surface area (Å²) in [5.41, 5.74) is 34.0. The van der Waals surface area contributed by atoms with Crippen LogP contribution in [0, 0.1) is 0 Å². The topological polar surface area (TPSA) is 466 Å². The van der Waals surface area contributed by atoms with Crippen molar-refractivity contribution >= 4 is 0 Å². The van der Waals surface area contributed by atoms with Crippen molar-refractivity contribution in [2.24, 2.45) is 28.7 Å². The zero-order valence-corrected chi connectivity index (χ0v) is 49.3. The molecule has 0 radical (unpaired) electrons. The summed E-state index contributed by atoms with van der Waals surface area (Å²) >= 11 is 0. The monoisotopic (exact) mass is 1190 g/mol. The molecule has 480 valence electrons. The summed E-state index contributed by atoms with van der Waals surface area (Å²) in [5.74, 6) is -4.20. The SMILES string of the molecule is C=C(C)C.C=C(C)NC[C@@H]1O[C@H](O[C@@]2(O)CC(NC(=C)C)C[C@@H](NC(=C)C)C2O[C@H]2O[C@@H](CO)[C@@H](O)C(NC(=C)C)C2O)C(NC(=C)C)C[C@@H]1O.NC[C@@H]1O[C@H](O[C@@]2(O)CC(N)C[C@@H](N)C2O[C@H]2O[C@@H](CO)[C@@H](O)C(N)C2O)C(N)C[C@@H]1O. The van der Waals surface area contributed by atoms with Crippen LogP contribution in [0.1, 0.15) is 87.0 Å². The molecule has 25 N–H and O–H groups in total. The zero-order valence-electron chi connectivity index (χ0n) is 49.3. The largest absolute Gasteiger partial charge is 0.394 e. The molecule has 2 saturated carbocycles. The molecule has 0 amide bonds. The van der Waals surface area contributed by atoms with Crippen LogP contribution in [0.25, 0.3) is 0 Å². The number of allylic oxidation sites excluding steroid dienone is 6. The van der Waals surface area contributed by atoms with Gasteiger partial charge >= 0.3 is 0 Å². The number of aliphatic hydroxyl groups excluding tert-OH is 8. The van der Waals surface area contributed by atoms with E-state index in [0.717, 1.165) is 0 Å². The first-order chi connectivity index (χ1) is 38.7. The van der Waals surface area contributed by atoms with Crippen LogP contribution in [0.4, 0.5) is 0 Å². The fourth-order valence-electron chi connectivity index (χ4n) is 10.9. The van der Waals surface area contributed by atoms with E-state index in [1.54, 1.807) is 27.7 Å². The van der Waals surface area contributed by atoms with Crippen LogP contribution in [0.5, 0.6) is 0 Å². The van der Waals surface area contributed by atoms with Gasteiger partial charge in [-0.15, -0.1) is 6.58 Å². The number of aliphatic hydroxyl groups is 10. The Bertz CT molecular complexity index is 2120. The number of hydrogen-bond acceptors (Lipinski definition) is 28. The molecule has 4 heterocycles. The Kier molecular flexibility index (Phi) is 27.7. The predicted molar refractivity (Wildman–Crippen MR) is 306 cm³/mol.